The van der Waals surface area contributed by atoms with Gasteiger partial charge in [0, 0.05) is 6.07 Å². The standard InChI is InChI=1S/C26H28N2O6S/c1-18-7-10-23(11-8-18)35(30,31)28(21-5-4-6-22(16-21)32-3)17-26(29)27-19(2)20-9-12-24-25(15-20)34-14-13-33-24/h4-12,15-16,19H,13-14,17H2,1-3H3,(H,27,29)/t19-/m1/s1. The molecule has 1 N–H and O–H groups in total. The summed E-state index contributed by atoms with van der Waals surface area (Å²) < 4.78 is 44.7. The Balaban J connectivity index is 1.59. The molecular weight excluding hydrogens is 468 g/mol. The van der Waals surface area contributed by atoms with Crippen LogP contribution in [0.3, 0.4) is 0 Å². The number of amides is 1. The number of hydrogen-bond donors (Lipinski definition) is 1. The van der Waals surface area contributed by atoms with E-state index >= 15 is 0 Å². The fraction of sp³-hybridized carbons (Fsp3) is 0.269. The maximum atomic E-state index is 13.6. The van der Waals surface area contributed by atoms with Gasteiger partial charge in [-0.15, -0.1) is 0 Å². The largest absolute Gasteiger partial charge is 0.497 e. The van der Waals surface area contributed by atoms with Gasteiger partial charge in [0.15, 0.2) is 11.5 Å². The molecule has 0 aliphatic carbocycles. The highest BCUT2D eigenvalue weighted by atomic mass is 32.2. The third-order valence-corrected chi connectivity index (χ3v) is 7.47. The van der Waals surface area contributed by atoms with Crippen molar-refractivity contribution in [3.8, 4) is 17.2 Å². The van der Waals surface area contributed by atoms with E-state index in [1.54, 1.807) is 42.5 Å². The molecule has 9 heteroatoms. The van der Waals surface area contributed by atoms with E-state index in [0.717, 1.165) is 15.4 Å². The summed E-state index contributed by atoms with van der Waals surface area (Å²) in [6.45, 7) is 4.26. The third kappa shape index (κ3) is 5.51. The van der Waals surface area contributed by atoms with Crippen LogP contribution in [0.2, 0.25) is 0 Å². The minimum Gasteiger partial charge on any atom is -0.497 e. The molecule has 0 aromatic heterocycles. The Kier molecular flexibility index (Phi) is 7.16. The van der Waals surface area contributed by atoms with Crippen molar-refractivity contribution in [3.63, 3.8) is 0 Å². The van der Waals surface area contributed by atoms with Crippen LogP contribution in [0.1, 0.15) is 24.1 Å². The Morgan fingerprint density at radius 2 is 1.74 bits per heavy atom. The predicted octanol–water partition coefficient (Wildman–Crippen LogP) is 3.85. The first kappa shape index (κ1) is 24.4. The van der Waals surface area contributed by atoms with E-state index in [-0.39, 0.29) is 10.9 Å². The Hall–Kier alpha value is -3.72. The summed E-state index contributed by atoms with van der Waals surface area (Å²) in [4.78, 5) is 13.2. The molecule has 0 fully saturated rings. The van der Waals surface area contributed by atoms with Crippen LogP contribution in [0.4, 0.5) is 5.69 Å². The molecule has 184 valence electrons. The maximum absolute atomic E-state index is 13.6. The van der Waals surface area contributed by atoms with Gasteiger partial charge in [0.2, 0.25) is 5.91 Å². The number of sulfonamides is 1. The average Bonchev–Trinajstić information content (AvgIpc) is 2.87. The lowest BCUT2D eigenvalue weighted by molar-refractivity contribution is -0.120. The number of nitrogens with one attached hydrogen (secondary N) is 1. The van der Waals surface area contributed by atoms with Crippen LogP contribution in [0, 0.1) is 6.92 Å². The van der Waals surface area contributed by atoms with Crippen molar-refractivity contribution < 1.29 is 27.4 Å². The highest BCUT2D eigenvalue weighted by molar-refractivity contribution is 7.92. The van der Waals surface area contributed by atoms with Gasteiger partial charge in [-0.05, 0) is 55.8 Å². The Bertz CT molecular complexity index is 1310. The Morgan fingerprint density at radius 1 is 1.03 bits per heavy atom. The number of aryl methyl sites for hydroxylation is 1. The molecule has 0 bridgehead atoms. The lowest BCUT2D eigenvalue weighted by atomic mass is 10.1. The molecule has 0 saturated carbocycles. The molecule has 4 rings (SSSR count). The number of ether oxygens (including phenoxy) is 3. The number of fused-ring (bicyclic) bond motifs is 1. The number of carbonyl (C=O) groups excluding carboxylic acids is 1. The average molecular weight is 497 g/mol. The lowest BCUT2D eigenvalue weighted by Crippen LogP contribution is -2.41. The summed E-state index contributed by atoms with van der Waals surface area (Å²) in [6.07, 6.45) is 0. The zero-order valence-electron chi connectivity index (χ0n) is 19.9. The molecule has 8 nitrogen and oxygen atoms in total. The minimum atomic E-state index is -4.02. The van der Waals surface area contributed by atoms with Gasteiger partial charge in [-0.3, -0.25) is 9.10 Å². The van der Waals surface area contributed by atoms with E-state index in [9.17, 15) is 13.2 Å². The van der Waals surface area contributed by atoms with E-state index in [2.05, 4.69) is 5.32 Å². The second kappa shape index (κ2) is 10.3. The summed E-state index contributed by atoms with van der Waals surface area (Å²) in [7, 11) is -2.52. The highest BCUT2D eigenvalue weighted by Crippen LogP contribution is 2.33. The van der Waals surface area contributed by atoms with E-state index in [4.69, 9.17) is 14.2 Å². The number of benzene rings is 3. The van der Waals surface area contributed by atoms with Gasteiger partial charge in [-0.25, -0.2) is 8.42 Å². The van der Waals surface area contributed by atoms with Crippen molar-refractivity contribution >= 4 is 21.6 Å². The number of nitrogens with zero attached hydrogens (tertiary/aromatic N) is 1. The van der Waals surface area contributed by atoms with E-state index in [1.807, 2.05) is 26.0 Å². The van der Waals surface area contributed by atoms with Gasteiger partial charge in [0.1, 0.15) is 25.5 Å². The lowest BCUT2D eigenvalue weighted by Gasteiger charge is -2.26. The first-order valence-electron chi connectivity index (χ1n) is 11.2. The summed E-state index contributed by atoms with van der Waals surface area (Å²) >= 11 is 0. The van der Waals surface area contributed by atoms with Crippen LogP contribution in [0.15, 0.2) is 71.6 Å². The molecule has 1 heterocycles. The van der Waals surface area contributed by atoms with Crippen molar-refractivity contribution in [3.05, 3.63) is 77.9 Å². The highest BCUT2D eigenvalue weighted by Gasteiger charge is 2.28. The second-order valence-electron chi connectivity index (χ2n) is 8.22. The van der Waals surface area contributed by atoms with Crippen LogP contribution >= 0.6 is 0 Å². The van der Waals surface area contributed by atoms with Gasteiger partial charge in [0.25, 0.3) is 10.0 Å². The van der Waals surface area contributed by atoms with Gasteiger partial charge in [0.05, 0.1) is 23.7 Å². The number of rotatable bonds is 8. The van der Waals surface area contributed by atoms with E-state index in [1.165, 1.54) is 19.2 Å². The van der Waals surface area contributed by atoms with Gasteiger partial charge < -0.3 is 19.5 Å². The van der Waals surface area contributed by atoms with Crippen molar-refractivity contribution in [1.82, 2.24) is 5.32 Å². The Morgan fingerprint density at radius 3 is 2.46 bits per heavy atom. The molecule has 0 unspecified atom stereocenters. The van der Waals surface area contributed by atoms with Crippen molar-refractivity contribution in [1.29, 1.82) is 0 Å². The van der Waals surface area contributed by atoms with Crippen molar-refractivity contribution in [2.75, 3.05) is 31.2 Å². The minimum absolute atomic E-state index is 0.0959. The van der Waals surface area contributed by atoms with Crippen LogP contribution in [-0.4, -0.2) is 41.2 Å². The maximum Gasteiger partial charge on any atom is 0.264 e. The molecule has 1 atom stereocenters. The van der Waals surface area contributed by atoms with Gasteiger partial charge in [-0.1, -0.05) is 29.8 Å². The SMILES string of the molecule is COc1cccc(N(CC(=O)N[C@H](C)c2ccc3c(c2)OCCO3)S(=O)(=O)c2ccc(C)cc2)c1. The molecule has 35 heavy (non-hydrogen) atoms. The summed E-state index contributed by atoms with van der Waals surface area (Å²) in [5.41, 5.74) is 2.08. The van der Waals surface area contributed by atoms with E-state index < -0.39 is 22.5 Å². The summed E-state index contributed by atoms with van der Waals surface area (Å²) in [6, 6.07) is 18.2. The predicted molar refractivity (Wildman–Crippen MR) is 133 cm³/mol. The second-order valence-corrected chi connectivity index (χ2v) is 10.1. The van der Waals surface area contributed by atoms with Crippen LogP contribution < -0.4 is 23.8 Å². The first-order chi connectivity index (χ1) is 16.8. The molecule has 1 amide bonds. The fourth-order valence-electron chi connectivity index (χ4n) is 3.75. The van der Waals surface area contributed by atoms with Crippen LogP contribution in [-0.2, 0) is 14.8 Å². The van der Waals surface area contributed by atoms with Crippen LogP contribution in [0.5, 0.6) is 17.2 Å². The van der Waals surface area contributed by atoms with Gasteiger partial charge in [-0.2, -0.15) is 0 Å². The molecule has 0 spiro atoms. The van der Waals surface area contributed by atoms with Gasteiger partial charge >= 0.3 is 0 Å². The monoisotopic (exact) mass is 496 g/mol. The zero-order valence-corrected chi connectivity index (χ0v) is 20.7. The quantitative estimate of drug-likeness (QED) is 0.509. The fourth-order valence-corrected chi connectivity index (χ4v) is 5.16. The normalized spacial score (nSPS) is 13.6. The first-order valence-corrected chi connectivity index (χ1v) is 12.6. The molecule has 3 aromatic rings. The topological polar surface area (TPSA) is 94.2 Å². The number of hydrogen-bond acceptors (Lipinski definition) is 6. The molecule has 0 radical (unpaired) electrons. The third-order valence-electron chi connectivity index (χ3n) is 5.68. The summed E-state index contributed by atoms with van der Waals surface area (Å²) in [5.74, 6) is 1.31. The smallest absolute Gasteiger partial charge is 0.264 e. The van der Waals surface area contributed by atoms with Crippen molar-refractivity contribution in [2.45, 2.75) is 24.8 Å². The molecule has 1 aliphatic rings. The van der Waals surface area contributed by atoms with Crippen LogP contribution in [0.25, 0.3) is 0 Å². The summed E-state index contributed by atoms with van der Waals surface area (Å²) in [5, 5.41) is 2.89. The number of anilines is 1. The zero-order chi connectivity index (χ0) is 25.0. The van der Waals surface area contributed by atoms with E-state index in [0.29, 0.717) is 36.1 Å². The number of carbonyl (C=O) groups is 1. The Labute approximate surface area is 205 Å². The molecular formula is C26H28N2O6S. The van der Waals surface area contributed by atoms with Crippen molar-refractivity contribution in [2.24, 2.45) is 0 Å². The molecule has 0 saturated heterocycles. The molecule has 1 aliphatic heterocycles. The molecule has 3 aromatic carbocycles. The number of methoxy groups -OCH3 is 1.